The molecule has 1 heterocycles. The Hall–Kier alpha value is -3.97. The van der Waals surface area contributed by atoms with Crippen LogP contribution in [0.4, 0.5) is 5.69 Å². The fourth-order valence-corrected chi connectivity index (χ4v) is 4.29. The van der Waals surface area contributed by atoms with E-state index in [9.17, 15) is 19.8 Å². The molecule has 4 rings (SSSR count). The van der Waals surface area contributed by atoms with Crippen molar-refractivity contribution in [3.05, 3.63) is 88.5 Å². The zero-order valence-electron chi connectivity index (χ0n) is 19.4. The fourth-order valence-electron chi connectivity index (χ4n) is 4.03. The minimum Gasteiger partial charge on any atom is -0.508 e. The number of aromatic hydroxyl groups is 1. The molecule has 0 bridgehead atoms. The number of hydrogen-bond donors (Lipinski definition) is 2. The molecule has 1 amide bonds. The number of ketones is 1. The topological polar surface area (TPSA) is 96.3 Å². The molecule has 35 heavy (non-hydrogen) atoms. The van der Waals surface area contributed by atoms with Crippen LogP contribution in [0.1, 0.15) is 31.0 Å². The number of halogens is 1. The summed E-state index contributed by atoms with van der Waals surface area (Å²) >= 11 is 6.30. The van der Waals surface area contributed by atoms with Crippen LogP contribution in [0.25, 0.3) is 5.76 Å². The first-order chi connectivity index (χ1) is 16.7. The second kappa shape index (κ2) is 9.72. The molecule has 1 saturated heterocycles. The third-order valence-corrected chi connectivity index (χ3v) is 5.84. The van der Waals surface area contributed by atoms with E-state index in [1.54, 1.807) is 48.5 Å². The first-order valence-corrected chi connectivity index (χ1v) is 11.3. The Labute approximate surface area is 207 Å². The number of aliphatic hydroxyl groups is 1. The van der Waals surface area contributed by atoms with E-state index in [1.807, 2.05) is 13.8 Å². The largest absolute Gasteiger partial charge is 0.508 e. The van der Waals surface area contributed by atoms with Crippen LogP contribution >= 0.6 is 11.6 Å². The first kappa shape index (κ1) is 24.2. The number of rotatable bonds is 6. The van der Waals surface area contributed by atoms with Crippen molar-refractivity contribution in [3.63, 3.8) is 0 Å². The number of Topliss-reactive ketones (excluding diaryl/α,β-unsaturated/α-hetero) is 1. The molecule has 8 heteroatoms. The van der Waals surface area contributed by atoms with Gasteiger partial charge >= 0.3 is 0 Å². The zero-order valence-corrected chi connectivity index (χ0v) is 20.1. The molecule has 3 aromatic carbocycles. The molecule has 0 aromatic heterocycles. The van der Waals surface area contributed by atoms with Crippen LogP contribution < -0.4 is 14.4 Å². The summed E-state index contributed by atoms with van der Waals surface area (Å²) < 4.78 is 10.8. The van der Waals surface area contributed by atoms with Crippen LogP contribution in [0.3, 0.4) is 0 Å². The molecule has 1 unspecified atom stereocenters. The number of aliphatic hydroxyl groups excluding tert-OH is 1. The Kier molecular flexibility index (Phi) is 6.71. The van der Waals surface area contributed by atoms with E-state index < -0.39 is 17.7 Å². The van der Waals surface area contributed by atoms with Gasteiger partial charge in [-0.1, -0.05) is 23.7 Å². The highest BCUT2D eigenvalue weighted by Crippen LogP contribution is 2.44. The summed E-state index contributed by atoms with van der Waals surface area (Å²) in [6.45, 7) is 3.80. The predicted octanol–water partition coefficient (Wildman–Crippen LogP) is 5.47. The summed E-state index contributed by atoms with van der Waals surface area (Å²) in [5.74, 6) is -1.06. The Morgan fingerprint density at radius 3 is 2.34 bits per heavy atom. The van der Waals surface area contributed by atoms with Crippen LogP contribution in [0.5, 0.6) is 17.2 Å². The van der Waals surface area contributed by atoms with E-state index in [-0.39, 0.29) is 28.2 Å². The van der Waals surface area contributed by atoms with Gasteiger partial charge in [0.2, 0.25) is 0 Å². The molecular weight excluding hydrogens is 470 g/mol. The molecular formula is C27H24ClNO6. The number of nitrogens with zero attached hydrogens (tertiary/aromatic N) is 1. The molecule has 1 fully saturated rings. The number of carbonyl (C=O) groups is 2. The Morgan fingerprint density at radius 2 is 1.74 bits per heavy atom. The van der Waals surface area contributed by atoms with Crippen LogP contribution in [0.2, 0.25) is 5.02 Å². The third-order valence-electron chi connectivity index (χ3n) is 5.54. The van der Waals surface area contributed by atoms with Crippen molar-refractivity contribution in [2.24, 2.45) is 0 Å². The Morgan fingerprint density at radius 1 is 1.03 bits per heavy atom. The number of hydrogen-bond acceptors (Lipinski definition) is 6. The average molecular weight is 494 g/mol. The highest BCUT2D eigenvalue weighted by molar-refractivity contribution is 6.51. The maximum atomic E-state index is 13.2. The average Bonchev–Trinajstić information content (AvgIpc) is 3.09. The van der Waals surface area contributed by atoms with E-state index in [1.165, 1.54) is 30.2 Å². The molecule has 1 aliphatic heterocycles. The van der Waals surface area contributed by atoms with Gasteiger partial charge in [0.1, 0.15) is 23.0 Å². The van der Waals surface area contributed by atoms with Crippen LogP contribution in [-0.4, -0.2) is 35.1 Å². The highest BCUT2D eigenvalue weighted by Gasteiger charge is 2.47. The Bertz CT molecular complexity index is 1320. The van der Waals surface area contributed by atoms with Crippen molar-refractivity contribution in [3.8, 4) is 17.2 Å². The van der Waals surface area contributed by atoms with Gasteiger partial charge in [-0.05, 0) is 74.0 Å². The van der Waals surface area contributed by atoms with Crippen molar-refractivity contribution in [1.82, 2.24) is 0 Å². The summed E-state index contributed by atoms with van der Waals surface area (Å²) in [6, 6.07) is 16.5. The minimum atomic E-state index is -1.00. The number of anilines is 1. The lowest BCUT2D eigenvalue weighted by atomic mass is 9.95. The van der Waals surface area contributed by atoms with Gasteiger partial charge in [-0.2, -0.15) is 0 Å². The van der Waals surface area contributed by atoms with Gasteiger partial charge < -0.3 is 19.7 Å². The quantitative estimate of drug-likeness (QED) is 0.268. The maximum absolute atomic E-state index is 13.2. The van der Waals surface area contributed by atoms with E-state index in [2.05, 4.69) is 0 Å². The number of ether oxygens (including phenoxy) is 2. The van der Waals surface area contributed by atoms with Crippen molar-refractivity contribution >= 4 is 34.7 Å². The molecule has 0 radical (unpaired) electrons. The summed E-state index contributed by atoms with van der Waals surface area (Å²) in [5, 5.41) is 21.6. The molecule has 1 atom stereocenters. The van der Waals surface area contributed by atoms with E-state index in [0.717, 1.165) is 0 Å². The van der Waals surface area contributed by atoms with Gasteiger partial charge in [-0.25, -0.2) is 0 Å². The molecule has 0 spiro atoms. The van der Waals surface area contributed by atoms with Crippen LogP contribution in [0.15, 0.2) is 72.3 Å². The summed E-state index contributed by atoms with van der Waals surface area (Å²) in [7, 11) is 1.47. The van der Waals surface area contributed by atoms with Gasteiger partial charge in [0, 0.05) is 11.3 Å². The summed E-state index contributed by atoms with van der Waals surface area (Å²) in [6.07, 6.45) is -0.0261. The smallest absolute Gasteiger partial charge is 0.300 e. The molecule has 180 valence electrons. The lowest BCUT2D eigenvalue weighted by Crippen LogP contribution is -2.29. The second-order valence-electron chi connectivity index (χ2n) is 8.27. The van der Waals surface area contributed by atoms with Crippen LogP contribution in [-0.2, 0) is 9.59 Å². The predicted molar refractivity (Wildman–Crippen MR) is 133 cm³/mol. The first-order valence-electron chi connectivity index (χ1n) is 10.9. The van der Waals surface area contributed by atoms with Gasteiger partial charge in [-0.3, -0.25) is 14.5 Å². The Balaban J connectivity index is 1.88. The number of phenolic OH excluding ortho intramolecular Hbond substituents is 1. The zero-order chi connectivity index (χ0) is 25.3. The summed E-state index contributed by atoms with van der Waals surface area (Å²) in [5.41, 5.74) is 1.02. The molecule has 2 N–H and O–H groups in total. The van der Waals surface area contributed by atoms with Crippen molar-refractivity contribution < 1.29 is 29.3 Å². The molecule has 1 aliphatic rings. The molecule has 7 nitrogen and oxygen atoms in total. The standard InChI is InChI=1S/C27H24ClNO6/c1-15(2)35-20-10-7-16(8-11-20)25(31)23-24(17-5-4-6-19(30)13-17)29(27(33)26(23)32)18-9-12-22(34-3)21(28)14-18/h4-15,24,30-31H,1-3H3/b25-23+. The lowest BCUT2D eigenvalue weighted by molar-refractivity contribution is -0.132. The number of phenols is 1. The van der Waals surface area contributed by atoms with Gasteiger partial charge in [0.25, 0.3) is 11.7 Å². The molecule has 0 aliphatic carbocycles. The third kappa shape index (κ3) is 4.68. The SMILES string of the molecule is COc1ccc(N2C(=O)C(=O)/C(=C(/O)c3ccc(OC(C)C)cc3)C2c2cccc(O)c2)cc1Cl. The molecule has 3 aromatic rings. The number of carbonyl (C=O) groups excluding carboxylic acids is 2. The molecule has 0 saturated carbocycles. The fraction of sp³-hybridized carbons (Fsp3) is 0.185. The van der Waals surface area contributed by atoms with Gasteiger partial charge in [0.05, 0.1) is 29.9 Å². The lowest BCUT2D eigenvalue weighted by Gasteiger charge is -2.26. The highest BCUT2D eigenvalue weighted by atomic mass is 35.5. The van der Waals surface area contributed by atoms with Crippen molar-refractivity contribution in [2.75, 3.05) is 12.0 Å². The van der Waals surface area contributed by atoms with E-state index >= 15 is 0 Å². The van der Waals surface area contributed by atoms with E-state index in [4.69, 9.17) is 21.1 Å². The van der Waals surface area contributed by atoms with Crippen molar-refractivity contribution in [1.29, 1.82) is 0 Å². The maximum Gasteiger partial charge on any atom is 0.300 e. The van der Waals surface area contributed by atoms with Crippen LogP contribution in [0, 0.1) is 0 Å². The monoisotopic (exact) mass is 493 g/mol. The summed E-state index contributed by atoms with van der Waals surface area (Å²) in [4.78, 5) is 27.7. The minimum absolute atomic E-state index is 0.0261. The normalized spacial score (nSPS) is 17.2. The second-order valence-corrected chi connectivity index (χ2v) is 8.68. The van der Waals surface area contributed by atoms with Gasteiger partial charge in [0.15, 0.2) is 0 Å². The van der Waals surface area contributed by atoms with Gasteiger partial charge in [-0.15, -0.1) is 0 Å². The number of amides is 1. The number of benzene rings is 3. The number of methoxy groups -OCH3 is 1. The van der Waals surface area contributed by atoms with E-state index in [0.29, 0.717) is 28.3 Å². The van der Waals surface area contributed by atoms with Crippen molar-refractivity contribution in [2.45, 2.75) is 26.0 Å².